The topological polar surface area (TPSA) is 77.3 Å². The number of aromatic nitrogens is 2. The number of hydrogen-bond acceptors (Lipinski definition) is 6. The molecule has 27 heavy (non-hydrogen) atoms. The lowest BCUT2D eigenvalue weighted by Gasteiger charge is -2.07. The van der Waals surface area contributed by atoms with Crippen molar-refractivity contribution in [2.24, 2.45) is 0 Å². The lowest BCUT2D eigenvalue weighted by atomic mass is 10.1. The molecule has 2 aromatic heterocycles. The second-order valence-corrected chi connectivity index (χ2v) is 6.58. The van der Waals surface area contributed by atoms with Gasteiger partial charge in [-0.15, -0.1) is 11.3 Å². The second-order valence-electron chi connectivity index (χ2n) is 5.63. The van der Waals surface area contributed by atoms with Crippen molar-refractivity contribution in [2.45, 2.75) is 0 Å². The van der Waals surface area contributed by atoms with E-state index in [1.54, 1.807) is 19.2 Å². The van der Waals surface area contributed by atoms with Crippen LogP contribution in [0.1, 0.15) is 9.67 Å². The Bertz CT molecular complexity index is 1060. The number of methoxy groups -OCH3 is 1. The predicted octanol–water partition coefficient (Wildman–Crippen LogP) is 4.73. The van der Waals surface area contributed by atoms with Crippen LogP contribution in [-0.4, -0.2) is 23.2 Å². The number of thiophene rings is 1. The summed E-state index contributed by atoms with van der Waals surface area (Å²) in [4.78, 5) is 17.5. The summed E-state index contributed by atoms with van der Waals surface area (Å²) >= 11 is 1.38. The van der Waals surface area contributed by atoms with E-state index in [4.69, 9.17) is 9.26 Å². The van der Waals surface area contributed by atoms with Gasteiger partial charge in [0.25, 0.3) is 11.8 Å². The van der Waals surface area contributed by atoms with Crippen molar-refractivity contribution in [1.29, 1.82) is 0 Å². The van der Waals surface area contributed by atoms with E-state index in [0.29, 0.717) is 27.8 Å². The van der Waals surface area contributed by atoms with E-state index in [-0.39, 0.29) is 5.91 Å². The van der Waals surface area contributed by atoms with Crippen LogP contribution in [0.25, 0.3) is 22.8 Å². The molecule has 134 valence electrons. The third-order valence-corrected chi connectivity index (χ3v) is 4.79. The third-order valence-electron chi connectivity index (χ3n) is 3.92. The summed E-state index contributed by atoms with van der Waals surface area (Å²) in [6.07, 6.45) is 0. The number of nitrogens with zero attached hydrogens (tertiary/aromatic N) is 2. The van der Waals surface area contributed by atoms with Gasteiger partial charge in [0.15, 0.2) is 0 Å². The summed E-state index contributed by atoms with van der Waals surface area (Å²) in [6, 6.07) is 18.3. The molecule has 7 heteroatoms. The van der Waals surface area contributed by atoms with E-state index < -0.39 is 0 Å². The van der Waals surface area contributed by atoms with Crippen LogP contribution >= 0.6 is 11.3 Å². The Labute approximate surface area is 159 Å². The summed E-state index contributed by atoms with van der Waals surface area (Å²) < 4.78 is 10.6. The zero-order valence-electron chi connectivity index (χ0n) is 14.4. The summed E-state index contributed by atoms with van der Waals surface area (Å²) in [7, 11) is 1.61. The molecule has 0 radical (unpaired) electrons. The molecular formula is C20H15N3O3S. The van der Waals surface area contributed by atoms with Crippen LogP contribution in [0.3, 0.4) is 0 Å². The van der Waals surface area contributed by atoms with Crippen LogP contribution < -0.4 is 10.1 Å². The van der Waals surface area contributed by atoms with Gasteiger partial charge in [0.1, 0.15) is 5.75 Å². The monoisotopic (exact) mass is 377 g/mol. The van der Waals surface area contributed by atoms with Crippen LogP contribution in [0.15, 0.2) is 70.6 Å². The minimum atomic E-state index is -0.174. The lowest BCUT2D eigenvalue weighted by Crippen LogP contribution is -2.10. The van der Waals surface area contributed by atoms with Crippen molar-refractivity contribution in [1.82, 2.24) is 10.1 Å². The molecule has 0 aliphatic carbocycles. The highest BCUT2D eigenvalue weighted by Gasteiger charge is 2.16. The van der Waals surface area contributed by atoms with E-state index in [2.05, 4.69) is 15.5 Å². The molecule has 0 atom stereocenters. The molecule has 0 saturated carbocycles. The average molecular weight is 377 g/mol. The van der Waals surface area contributed by atoms with Gasteiger partial charge in [-0.2, -0.15) is 4.98 Å². The number of para-hydroxylation sites is 1. The molecule has 4 aromatic rings. The maximum Gasteiger partial charge on any atom is 0.265 e. The summed E-state index contributed by atoms with van der Waals surface area (Å²) in [5.74, 6) is 1.38. The van der Waals surface area contributed by atoms with Gasteiger partial charge >= 0.3 is 0 Å². The molecule has 0 bridgehead atoms. The first kappa shape index (κ1) is 17.0. The van der Waals surface area contributed by atoms with Gasteiger partial charge in [0.2, 0.25) is 5.82 Å². The van der Waals surface area contributed by atoms with Crippen molar-refractivity contribution < 1.29 is 14.1 Å². The van der Waals surface area contributed by atoms with Crippen LogP contribution in [0.2, 0.25) is 0 Å². The summed E-state index contributed by atoms with van der Waals surface area (Å²) in [5.41, 5.74) is 2.08. The van der Waals surface area contributed by atoms with Gasteiger partial charge in [0.05, 0.1) is 23.2 Å². The zero-order valence-corrected chi connectivity index (χ0v) is 15.2. The molecule has 0 unspecified atom stereocenters. The molecule has 0 saturated heterocycles. The zero-order chi connectivity index (χ0) is 18.6. The summed E-state index contributed by atoms with van der Waals surface area (Å²) in [5, 5.41) is 8.81. The predicted molar refractivity (Wildman–Crippen MR) is 104 cm³/mol. The second kappa shape index (κ2) is 7.43. The normalized spacial score (nSPS) is 10.6. The number of ether oxygens (including phenoxy) is 1. The number of rotatable bonds is 5. The summed E-state index contributed by atoms with van der Waals surface area (Å²) in [6.45, 7) is 0. The molecule has 1 N–H and O–H groups in total. The Morgan fingerprint density at radius 1 is 1.07 bits per heavy atom. The molecule has 0 fully saturated rings. The van der Waals surface area contributed by atoms with E-state index in [9.17, 15) is 4.79 Å². The van der Waals surface area contributed by atoms with Gasteiger partial charge < -0.3 is 14.6 Å². The third kappa shape index (κ3) is 3.58. The first-order chi connectivity index (χ1) is 13.2. The highest BCUT2D eigenvalue weighted by molar-refractivity contribution is 7.12. The number of anilines is 1. The van der Waals surface area contributed by atoms with Gasteiger partial charge in [0, 0.05) is 5.56 Å². The molecule has 0 spiro atoms. The molecule has 2 aromatic carbocycles. The Kier molecular flexibility index (Phi) is 4.67. The molecule has 2 heterocycles. The maximum absolute atomic E-state index is 12.4. The Hall–Kier alpha value is -3.45. The SMILES string of the molecule is COc1ccc(-c2noc(-c3ccccc3NC(=O)c3cccs3)n2)cc1. The number of hydrogen-bond donors (Lipinski definition) is 1. The van der Waals surface area contributed by atoms with Crippen LogP contribution in [0, 0.1) is 0 Å². The average Bonchev–Trinajstić information content (AvgIpc) is 3.41. The molecular weight excluding hydrogens is 362 g/mol. The van der Waals surface area contributed by atoms with Crippen molar-refractivity contribution in [2.75, 3.05) is 12.4 Å². The molecule has 0 aliphatic rings. The fourth-order valence-electron chi connectivity index (χ4n) is 2.56. The fourth-order valence-corrected chi connectivity index (χ4v) is 3.18. The first-order valence-corrected chi connectivity index (χ1v) is 9.05. The minimum absolute atomic E-state index is 0.174. The number of amides is 1. The van der Waals surface area contributed by atoms with Crippen molar-refractivity contribution in [3.05, 3.63) is 70.9 Å². The quantitative estimate of drug-likeness (QED) is 0.544. The van der Waals surface area contributed by atoms with Crippen molar-refractivity contribution >= 4 is 22.9 Å². The number of carbonyl (C=O) groups is 1. The maximum atomic E-state index is 12.4. The lowest BCUT2D eigenvalue weighted by molar-refractivity contribution is 0.103. The largest absolute Gasteiger partial charge is 0.497 e. The highest BCUT2D eigenvalue weighted by atomic mass is 32.1. The van der Waals surface area contributed by atoms with Gasteiger partial charge in [-0.25, -0.2) is 0 Å². The highest BCUT2D eigenvalue weighted by Crippen LogP contribution is 2.29. The van der Waals surface area contributed by atoms with Crippen LogP contribution in [0.4, 0.5) is 5.69 Å². The Morgan fingerprint density at radius 2 is 1.89 bits per heavy atom. The Morgan fingerprint density at radius 3 is 2.63 bits per heavy atom. The molecule has 6 nitrogen and oxygen atoms in total. The number of nitrogens with one attached hydrogen (secondary N) is 1. The van der Waals surface area contributed by atoms with E-state index >= 15 is 0 Å². The van der Waals surface area contributed by atoms with Crippen molar-refractivity contribution in [3.63, 3.8) is 0 Å². The van der Waals surface area contributed by atoms with E-state index in [0.717, 1.165) is 11.3 Å². The van der Waals surface area contributed by atoms with Crippen LogP contribution in [-0.2, 0) is 0 Å². The van der Waals surface area contributed by atoms with E-state index in [1.165, 1.54) is 11.3 Å². The van der Waals surface area contributed by atoms with E-state index in [1.807, 2.05) is 53.9 Å². The van der Waals surface area contributed by atoms with Gasteiger partial charge in [-0.3, -0.25) is 4.79 Å². The Balaban J connectivity index is 1.62. The first-order valence-electron chi connectivity index (χ1n) is 8.17. The number of carbonyl (C=O) groups excluding carboxylic acids is 1. The molecule has 0 aliphatic heterocycles. The van der Waals surface area contributed by atoms with Gasteiger partial charge in [-0.05, 0) is 47.8 Å². The van der Waals surface area contributed by atoms with Crippen LogP contribution in [0.5, 0.6) is 5.75 Å². The fraction of sp³-hybridized carbons (Fsp3) is 0.0500. The number of benzene rings is 2. The van der Waals surface area contributed by atoms with Crippen molar-refractivity contribution in [3.8, 4) is 28.6 Å². The minimum Gasteiger partial charge on any atom is -0.497 e. The standard InChI is InChI=1S/C20H15N3O3S/c1-25-14-10-8-13(9-11-14)18-22-20(26-23-18)15-5-2-3-6-16(15)21-19(24)17-7-4-12-27-17/h2-12H,1H3,(H,21,24). The smallest absolute Gasteiger partial charge is 0.265 e. The molecule has 4 rings (SSSR count). The van der Waals surface area contributed by atoms with Gasteiger partial charge in [-0.1, -0.05) is 23.4 Å². The molecule has 1 amide bonds.